The molecule has 0 atom stereocenters. The summed E-state index contributed by atoms with van der Waals surface area (Å²) in [6.07, 6.45) is 3.67. The van der Waals surface area contributed by atoms with Crippen molar-refractivity contribution in [3.8, 4) is 0 Å². The Morgan fingerprint density at radius 2 is 1.52 bits per heavy atom. The molecule has 0 spiro atoms. The Labute approximate surface area is 172 Å². The van der Waals surface area contributed by atoms with E-state index in [4.69, 9.17) is 4.74 Å². The first-order valence-electron chi connectivity index (χ1n) is 10.4. The van der Waals surface area contributed by atoms with Crippen LogP contribution in [0.1, 0.15) is 52.9 Å². The van der Waals surface area contributed by atoms with Crippen LogP contribution in [0.15, 0.2) is 24.3 Å². The van der Waals surface area contributed by atoms with Crippen molar-refractivity contribution in [2.24, 2.45) is 11.8 Å². The third-order valence-electron chi connectivity index (χ3n) is 5.12. The zero-order valence-corrected chi connectivity index (χ0v) is 17.5. The lowest BCUT2D eigenvalue weighted by atomic mass is 9.93. The molecule has 7 nitrogen and oxygen atoms in total. The fraction of sp³-hybridized carbons (Fsp3) is 0.591. The Hall–Kier alpha value is -2.57. The van der Waals surface area contributed by atoms with E-state index in [2.05, 4.69) is 10.6 Å². The van der Waals surface area contributed by atoms with E-state index in [9.17, 15) is 14.4 Å². The minimum atomic E-state index is -0.496. The Morgan fingerprint density at radius 1 is 0.966 bits per heavy atom. The van der Waals surface area contributed by atoms with E-state index >= 15 is 0 Å². The molecule has 29 heavy (non-hydrogen) atoms. The van der Waals surface area contributed by atoms with Gasteiger partial charge in [-0.05, 0) is 76.6 Å². The van der Waals surface area contributed by atoms with Crippen molar-refractivity contribution in [2.75, 3.05) is 23.7 Å². The summed E-state index contributed by atoms with van der Waals surface area (Å²) in [6, 6.07) is 7.20. The van der Waals surface area contributed by atoms with E-state index in [-0.39, 0.29) is 29.7 Å². The molecule has 1 heterocycles. The van der Waals surface area contributed by atoms with Gasteiger partial charge in [0.05, 0.1) is 0 Å². The molecule has 0 aromatic heterocycles. The first-order valence-corrected chi connectivity index (χ1v) is 10.4. The van der Waals surface area contributed by atoms with E-state index in [1.54, 1.807) is 29.2 Å². The van der Waals surface area contributed by atoms with Gasteiger partial charge in [0.15, 0.2) is 0 Å². The third-order valence-corrected chi connectivity index (χ3v) is 5.12. The number of nitrogens with zero attached hydrogens (tertiary/aromatic N) is 1. The van der Waals surface area contributed by atoms with Crippen LogP contribution in [0.2, 0.25) is 0 Å². The highest BCUT2D eigenvalue weighted by atomic mass is 16.6. The Balaban J connectivity index is 1.39. The van der Waals surface area contributed by atoms with Crippen molar-refractivity contribution in [1.29, 1.82) is 0 Å². The van der Waals surface area contributed by atoms with Crippen LogP contribution in [-0.4, -0.2) is 41.5 Å². The summed E-state index contributed by atoms with van der Waals surface area (Å²) in [7, 11) is 0. The van der Waals surface area contributed by atoms with Gasteiger partial charge in [0.2, 0.25) is 11.8 Å². The van der Waals surface area contributed by atoms with Crippen LogP contribution in [0.25, 0.3) is 0 Å². The number of carbonyl (C=O) groups excluding carboxylic acids is 3. The molecular weight excluding hydrogens is 370 g/mol. The second kappa shape index (κ2) is 8.84. The Kier molecular flexibility index (Phi) is 6.45. The lowest BCUT2D eigenvalue weighted by molar-refractivity contribution is -0.118. The molecule has 3 rings (SSSR count). The molecule has 0 bridgehead atoms. The van der Waals surface area contributed by atoms with Crippen LogP contribution in [0.5, 0.6) is 0 Å². The summed E-state index contributed by atoms with van der Waals surface area (Å²) in [6.45, 7) is 6.80. The van der Waals surface area contributed by atoms with Crippen LogP contribution in [0.4, 0.5) is 16.2 Å². The number of piperidine rings is 1. The van der Waals surface area contributed by atoms with Gasteiger partial charge in [-0.25, -0.2) is 4.79 Å². The maximum Gasteiger partial charge on any atom is 0.410 e. The topological polar surface area (TPSA) is 87.7 Å². The van der Waals surface area contributed by atoms with Gasteiger partial charge in [-0.3, -0.25) is 9.59 Å². The quantitative estimate of drug-likeness (QED) is 0.780. The SMILES string of the molecule is CC(C)(C)OC(=O)N1CCC(CC(=O)Nc2ccc(NC(=O)C3CC3)cc2)CC1. The number of hydrogen-bond donors (Lipinski definition) is 2. The second-order valence-corrected chi connectivity index (χ2v) is 9.00. The number of carbonyl (C=O) groups is 3. The lowest BCUT2D eigenvalue weighted by Gasteiger charge is -2.33. The summed E-state index contributed by atoms with van der Waals surface area (Å²) >= 11 is 0. The number of rotatable bonds is 5. The molecule has 158 valence electrons. The molecular formula is C22H31N3O4. The first-order chi connectivity index (χ1) is 13.7. The average Bonchev–Trinajstić information content (AvgIpc) is 3.47. The van der Waals surface area contributed by atoms with Crippen molar-refractivity contribution in [2.45, 2.75) is 58.5 Å². The van der Waals surface area contributed by atoms with Crippen LogP contribution >= 0.6 is 0 Å². The zero-order chi connectivity index (χ0) is 21.0. The lowest BCUT2D eigenvalue weighted by Crippen LogP contribution is -2.42. The molecule has 3 amide bonds. The van der Waals surface area contributed by atoms with E-state index in [0.717, 1.165) is 31.4 Å². The molecule has 1 saturated carbocycles. The number of ether oxygens (including phenoxy) is 1. The summed E-state index contributed by atoms with van der Waals surface area (Å²) in [4.78, 5) is 38.0. The number of nitrogens with one attached hydrogen (secondary N) is 2. The number of benzene rings is 1. The average molecular weight is 402 g/mol. The van der Waals surface area contributed by atoms with E-state index in [1.165, 1.54) is 0 Å². The molecule has 7 heteroatoms. The van der Waals surface area contributed by atoms with Crippen LogP contribution in [-0.2, 0) is 14.3 Å². The van der Waals surface area contributed by atoms with Crippen LogP contribution < -0.4 is 10.6 Å². The molecule has 1 aliphatic carbocycles. The van der Waals surface area contributed by atoms with E-state index in [1.807, 2.05) is 20.8 Å². The normalized spacial score (nSPS) is 17.6. The first kappa shape index (κ1) is 21.1. The highest BCUT2D eigenvalue weighted by molar-refractivity contribution is 5.95. The van der Waals surface area contributed by atoms with Gasteiger partial charge in [-0.15, -0.1) is 0 Å². The maximum atomic E-state index is 12.4. The Morgan fingerprint density at radius 3 is 2.03 bits per heavy atom. The second-order valence-electron chi connectivity index (χ2n) is 9.00. The van der Waals surface area contributed by atoms with Crippen molar-refractivity contribution in [3.05, 3.63) is 24.3 Å². The molecule has 1 aromatic carbocycles. The van der Waals surface area contributed by atoms with Gasteiger partial charge < -0.3 is 20.3 Å². The largest absolute Gasteiger partial charge is 0.444 e. The fourth-order valence-corrected chi connectivity index (χ4v) is 3.35. The summed E-state index contributed by atoms with van der Waals surface area (Å²) in [5.41, 5.74) is 0.962. The summed E-state index contributed by atoms with van der Waals surface area (Å²) in [5.74, 6) is 0.455. The van der Waals surface area contributed by atoms with Crippen molar-refractivity contribution < 1.29 is 19.1 Å². The number of anilines is 2. The minimum absolute atomic E-state index is 0.0320. The van der Waals surface area contributed by atoms with Gasteiger partial charge in [-0.2, -0.15) is 0 Å². The van der Waals surface area contributed by atoms with Crippen LogP contribution in [0, 0.1) is 11.8 Å². The predicted octanol–water partition coefficient (Wildman–Crippen LogP) is 4.01. The molecule has 2 N–H and O–H groups in total. The molecule has 1 aromatic rings. The highest BCUT2D eigenvalue weighted by Crippen LogP contribution is 2.30. The van der Waals surface area contributed by atoms with Gasteiger partial charge in [-0.1, -0.05) is 0 Å². The molecule has 2 fully saturated rings. The van der Waals surface area contributed by atoms with E-state index < -0.39 is 5.60 Å². The Bertz CT molecular complexity index is 742. The fourth-order valence-electron chi connectivity index (χ4n) is 3.35. The monoisotopic (exact) mass is 401 g/mol. The minimum Gasteiger partial charge on any atom is -0.444 e. The standard InChI is InChI=1S/C22H31N3O4/c1-22(2,3)29-21(28)25-12-10-15(11-13-25)14-19(26)23-17-6-8-18(9-7-17)24-20(27)16-4-5-16/h6-9,15-16H,4-5,10-14H2,1-3H3,(H,23,26)(H,24,27). The predicted molar refractivity (Wildman–Crippen MR) is 112 cm³/mol. The molecule has 2 aliphatic rings. The van der Waals surface area contributed by atoms with Crippen LogP contribution in [0.3, 0.4) is 0 Å². The summed E-state index contributed by atoms with van der Waals surface area (Å²) < 4.78 is 5.40. The molecule has 0 radical (unpaired) electrons. The molecule has 0 unspecified atom stereocenters. The molecule has 1 aliphatic heterocycles. The number of likely N-dealkylation sites (tertiary alicyclic amines) is 1. The van der Waals surface area contributed by atoms with Gasteiger partial charge >= 0.3 is 6.09 Å². The van der Waals surface area contributed by atoms with Crippen molar-refractivity contribution in [1.82, 2.24) is 4.90 Å². The zero-order valence-electron chi connectivity index (χ0n) is 17.5. The third kappa shape index (κ3) is 6.76. The van der Waals surface area contributed by atoms with Gasteiger partial charge in [0.1, 0.15) is 5.60 Å². The van der Waals surface area contributed by atoms with Crippen molar-refractivity contribution >= 4 is 29.3 Å². The summed E-state index contributed by atoms with van der Waals surface area (Å²) in [5, 5.41) is 5.80. The highest BCUT2D eigenvalue weighted by Gasteiger charge is 2.30. The molecule has 1 saturated heterocycles. The van der Waals surface area contributed by atoms with Gasteiger partial charge in [0, 0.05) is 36.8 Å². The maximum absolute atomic E-state index is 12.4. The van der Waals surface area contributed by atoms with Gasteiger partial charge in [0.25, 0.3) is 0 Å². The van der Waals surface area contributed by atoms with E-state index in [0.29, 0.717) is 25.2 Å². The number of amides is 3. The van der Waals surface area contributed by atoms with Crippen molar-refractivity contribution in [3.63, 3.8) is 0 Å². The number of hydrogen-bond acceptors (Lipinski definition) is 4. The smallest absolute Gasteiger partial charge is 0.410 e.